The number of benzene rings is 1. The first-order valence-corrected chi connectivity index (χ1v) is 5.90. The van der Waals surface area contributed by atoms with E-state index in [9.17, 15) is 0 Å². The predicted octanol–water partition coefficient (Wildman–Crippen LogP) is 3.43. The summed E-state index contributed by atoms with van der Waals surface area (Å²) in [6, 6.07) is 7.87. The van der Waals surface area contributed by atoms with Gasteiger partial charge in [-0.3, -0.25) is 0 Å². The quantitative estimate of drug-likeness (QED) is 0.886. The molecule has 0 spiro atoms. The summed E-state index contributed by atoms with van der Waals surface area (Å²) < 4.78 is 0. The van der Waals surface area contributed by atoms with Crippen LogP contribution in [0.25, 0.3) is 0 Å². The first-order chi connectivity index (χ1) is 7.28. The molecule has 4 heteroatoms. The van der Waals surface area contributed by atoms with Crippen molar-refractivity contribution in [2.75, 3.05) is 12.4 Å². The molecule has 0 bridgehead atoms. The molecule has 15 heavy (non-hydrogen) atoms. The van der Waals surface area contributed by atoms with Crippen LogP contribution in [0.15, 0.2) is 29.6 Å². The van der Waals surface area contributed by atoms with Crippen molar-refractivity contribution in [1.29, 1.82) is 0 Å². The van der Waals surface area contributed by atoms with Gasteiger partial charge in [-0.25, -0.2) is 4.98 Å². The van der Waals surface area contributed by atoms with Crippen LogP contribution in [-0.4, -0.2) is 12.0 Å². The molecular weight excluding hydrogens is 228 g/mol. The number of thiazole rings is 1. The van der Waals surface area contributed by atoms with Gasteiger partial charge in [-0.1, -0.05) is 23.7 Å². The van der Waals surface area contributed by atoms with Crippen molar-refractivity contribution < 1.29 is 0 Å². The Kier molecular flexibility index (Phi) is 3.23. The maximum Gasteiger partial charge on any atom is 0.182 e. The highest BCUT2D eigenvalue weighted by Gasteiger charge is 2.01. The second kappa shape index (κ2) is 4.64. The molecule has 78 valence electrons. The fourth-order valence-electron chi connectivity index (χ4n) is 1.36. The largest absolute Gasteiger partial charge is 0.365 e. The van der Waals surface area contributed by atoms with Gasteiger partial charge >= 0.3 is 0 Å². The molecule has 1 N–H and O–H groups in total. The molecule has 0 amide bonds. The van der Waals surface area contributed by atoms with Gasteiger partial charge < -0.3 is 5.32 Å². The minimum absolute atomic E-state index is 0.775. The first kappa shape index (κ1) is 10.5. The Labute approximate surface area is 97.9 Å². The molecule has 0 atom stereocenters. The molecule has 0 aliphatic heterocycles. The van der Waals surface area contributed by atoms with E-state index in [0.29, 0.717) is 0 Å². The molecule has 1 heterocycles. The maximum absolute atomic E-state index is 5.91. The lowest BCUT2D eigenvalue weighted by atomic mass is 10.1. The zero-order chi connectivity index (χ0) is 10.7. The van der Waals surface area contributed by atoms with Gasteiger partial charge in [-0.2, -0.15) is 0 Å². The number of anilines is 1. The van der Waals surface area contributed by atoms with E-state index >= 15 is 0 Å². The molecule has 0 aliphatic rings. The SMILES string of the molecule is CNc1nc(Cc2cccc(Cl)c2)cs1. The summed E-state index contributed by atoms with van der Waals surface area (Å²) >= 11 is 7.53. The Morgan fingerprint density at radius 3 is 3.00 bits per heavy atom. The van der Waals surface area contributed by atoms with Crippen LogP contribution in [0.5, 0.6) is 0 Å². The van der Waals surface area contributed by atoms with E-state index in [4.69, 9.17) is 11.6 Å². The van der Waals surface area contributed by atoms with Gasteiger partial charge in [-0.05, 0) is 17.7 Å². The smallest absolute Gasteiger partial charge is 0.182 e. The Hall–Kier alpha value is -1.06. The van der Waals surface area contributed by atoms with Crippen molar-refractivity contribution in [1.82, 2.24) is 4.98 Å². The van der Waals surface area contributed by atoms with Crippen molar-refractivity contribution >= 4 is 28.1 Å². The van der Waals surface area contributed by atoms with Crippen molar-refractivity contribution in [3.63, 3.8) is 0 Å². The van der Waals surface area contributed by atoms with Gasteiger partial charge in [0.05, 0.1) is 5.69 Å². The van der Waals surface area contributed by atoms with Crippen molar-refractivity contribution in [3.8, 4) is 0 Å². The molecule has 2 nitrogen and oxygen atoms in total. The molecule has 0 saturated carbocycles. The number of nitrogens with one attached hydrogen (secondary N) is 1. The average Bonchev–Trinajstić information content (AvgIpc) is 2.65. The van der Waals surface area contributed by atoms with Gasteiger partial charge in [-0.15, -0.1) is 11.3 Å². The van der Waals surface area contributed by atoms with Gasteiger partial charge in [0.15, 0.2) is 5.13 Å². The molecule has 0 unspecified atom stereocenters. The summed E-state index contributed by atoms with van der Waals surface area (Å²) in [6.45, 7) is 0. The Morgan fingerprint density at radius 1 is 1.47 bits per heavy atom. The predicted molar refractivity (Wildman–Crippen MR) is 65.9 cm³/mol. The second-order valence-corrected chi connectivity index (χ2v) is 4.50. The standard InChI is InChI=1S/C11H11ClN2S/c1-13-11-14-10(7-15-11)6-8-3-2-4-9(12)5-8/h2-5,7H,6H2,1H3,(H,13,14). The van der Waals surface area contributed by atoms with Crippen LogP contribution in [0.3, 0.4) is 0 Å². The average molecular weight is 239 g/mol. The third-order valence-corrected chi connectivity index (χ3v) is 3.18. The van der Waals surface area contributed by atoms with Crippen molar-refractivity contribution in [2.45, 2.75) is 6.42 Å². The molecule has 2 aromatic rings. The van der Waals surface area contributed by atoms with E-state index in [-0.39, 0.29) is 0 Å². The third kappa shape index (κ3) is 2.70. The van der Waals surface area contributed by atoms with E-state index < -0.39 is 0 Å². The van der Waals surface area contributed by atoms with E-state index in [1.54, 1.807) is 11.3 Å². The monoisotopic (exact) mass is 238 g/mol. The van der Waals surface area contributed by atoms with Gasteiger partial charge in [0.1, 0.15) is 0 Å². The summed E-state index contributed by atoms with van der Waals surface area (Å²) in [4.78, 5) is 4.42. The van der Waals surface area contributed by atoms with Crippen LogP contribution < -0.4 is 5.32 Å². The fraction of sp³-hybridized carbons (Fsp3) is 0.182. The lowest BCUT2D eigenvalue weighted by Gasteiger charge is -1.98. The third-order valence-electron chi connectivity index (χ3n) is 2.04. The van der Waals surface area contributed by atoms with Crippen LogP contribution in [0.4, 0.5) is 5.13 Å². The van der Waals surface area contributed by atoms with Crippen molar-refractivity contribution in [3.05, 3.63) is 45.9 Å². The van der Waals surface area contributed by atoms with E-state index in [1.165, 1.54) is 5.56 Å². The van der Waals surface area contributed by atoms with E-state index in [2.05, 4.69) is 21.7 Å². The fourth-order valence-corrected chi connectivity index (χ4v) is 2.24. The minimum atomic E-state index is 0.775. The molecule has 1 aromatic heterocycles. The van der Waals surface area contributed by atoms with Crippen LogP contribution in [-0.2, 0) is 6.42 Å². The first-order valence-electron chi connectivity index (χ1n) is 4.64. The molecule has 0 fully saturated rings. The Morgan fingerprint density at radius 2 is 2.33 bits per heavy atom. The number of aromatic nitrogens is 1. The highest BCUT2D eigenvalue weighted by molar-refractivity contribution is 7.13. The molecule has 2 rings (SSSR count). The van der Waals surface area contributed by atoms with Crippen LogP contribution in [0, 0.1) is 0 Å². The number of halogens is 1. The topological polar surface area (TPSA) is 24.9 Å². The summed E-state index contributed by atoms with van der Waals surface area (Å²) in [5.41, 5.74) is 2.27. The van der Waals surface area contributed by atoms with Crippen molar-refractivity contribution in [2.24, 2.45) is 0 Å². The Bertz CT molecular complexity index is 453. The van der Waals surface area contributed by atoms with E-state index in [1.807, 2.05) is 25.2 Å². The van der Waals surface area contributed by atoms with Gasteiger partial charge in [0.25, 0.3) is 0 Å². The summed E-state index contributed by atoms with van der Waals surface area (Å²) in [7, 11) is 1.88. The highest BCUT2D eigenvalue weighted by atomic mass is 35.5. The van der Waals surface area contributed by atoms with Gasteiger partial charge in [0, 0.05) is 23.9 Å². The lowest BCUT2D eigenvalue weighted by molar-refractivity contribution is 1.11. The summed E-state index contributed by atoms with van der Waals surface area (Å²) in [6.07, 6.45) is 0.832. The zero-order valence-corrected chi connectivity index (χ0v) is 9.90. The number of rotatable bonds is 3. The van der Waals surface area contributed by atoms with Crippen LogP contribution >= 0.6 is 22.9 Å². The van der Waals surface area contributed by atoms with Crippen LogP contribution in [0.2, 0.25) is 5.02 Å². The number of hydrogen-bond acceptors (Lipinski definition) is 3. The summed E-state index contributed by atoms with van der Waals surface area (Å²) in [5.74, 6) is 0. The molecule has 0 saturated heterocycles. The molecule has 1 aromatic carbocycles. The number of nitrogens with zero attached hydrogens (tertiary/aromatic N) is 1. The highest BCUT2D eigenvalue weighted by Crippen LogP contribution is 2.19. The van der Waals surface area contributed by atoms with Crippen LogP contribution in [0.1, 0.15) is 11.3 Å². The second-order valence-electron chi connectivity index (χ2n) is 3.20. The lowest BCUT2D eigenvalue weighted by Crippen LogP contribution is -1.90. The minimum Gasteiger partial charge on any atom is -0.365 e. The van der Waals surface area contributed by atoms with Gasteiger partial charge in [0.2, 0.25) is 0 Å². The molecular formula is C11H11ClN2S. The molecule has 0 aliphatic carbocycles. The Balaban J connectivity index is 2.14. The zero-order valence-electron chi connectivity index (χ0n) is 8.33. The molecule has 0 radical (unpaired) electrons. The number of hydrogen-bond donors (Lipinski definition) is 1. The normalized spacial score (nSPS) is 10.3. The van der Waals surface area contributed by atoms with E-state index in [0.717, 1.165) is 22.3 Å². The summed E-state index contributed by atoms with van der Waals surface area (Å²) in [5, 5.41) is 6.81. The maximum atomic E-state index is 5.91.